The van der Waals surface area contributed by atoms with Crippen molar-refractivity contribution in [2.45, 2.75) is 55.9 Å². The maximum absolute atomic E-state index is 3.69. The van der Waals surface area contributed by atoms with Gasteiger partial charge in [-0.25, -0.2) is 0 Å². The second kappa shape index (κ2) is 18.1. The predicted octanol–water partition coefficient (Wildman–Crippen LogP) is 5.35. The SMILES string of the molecule is C.CC(C)C.CC(C)C.Cc1nncs1.c1nncs1. The standard InChI is InChI=1S/2C4H10.C3H4N2S.C2H2N2S.CH4/c2*1-4(2)3;1-3-5-4-2-6-3;1-3-4-2-5-1;/h2*4H,1-3H3;2H,1H3;1-2H;1H4. The van der Waals surface area contributed by atoms with Crippen LogP contribution in [0.15, 0.2) is 16.5 Å². The van der Waals surface area contributed by atoms with E-state index in [1.54, 1.807) is 27.9 Å². The lowest BCUT2D eigenvalue weighted by atomic mass is 10.3. The molecule has 0 atom stereocenters. The Morgan fingerprint density at radius 1 is 0.800 bits per heavy atom. The third kappa shape index (κ3) is 36.0. The molecule has 0 amide bonds. The molecule has 2 heterocycles. The highest BCUT2D eigenvalue weighted by Gasteiger charge is 1.78. The third-order valence-corrected chi connectivity index (χ3v) is 1.81. The van der Waals surface area contributed by atoms with Crippen LogP contribution < -0.4 is 0 Å². The Hall–Kier alpha value is -0.880. The molecule has 0 aromatic carbocycles. The van der Waals surface area contributed by atoms with Gasteiger partial charge in [-0.1, -0.05) is 49.0 Å². The number of aromatic nitrogens is 4. The van der Waals surface area contributed by atoms with E-state index in [-0.39, 0.29) is 7.43 Å². The number of aryl methyl sites for hydroxylation is 1. The van der Waals surface area contributed by atoms with E-state index in [2.05, 4.69) is 61.9 Å². The van der Waals surface area contributed by atoms with Crippen molar-refractivity contribution in [3.63, 3.8) is 0 Å². The predicted molar refractivity (Wildman–Crippen MR) is 92.3 cm³/mol. The van der Waals surface area contributed by atoms with Gasteiger partial charge >= 0.3 is 0 Å². The Morgan fingerprint density at radius 3 is 1.30 bits per heavy atom. The van der Waals surface area contributed by atoms with Crippen molar-refractivity contribution in [1.29, 1.82) is 0 Å². The Morgan fingerprint density at radius 2 is 1.20 bits per heavy atom. The second-order valence-electron chi connectivity index (χ2n) is 5.00. The van der Waals surface area contributed by atoms with E-state index >= 15 is 0 Å². The quantitative estimate of drug-likeness (QED) is 0.657. The van der Waals surface area contributed by atoms with Crippen LogP contribution in [0.1, 0.15) is 54.0 Å². The van der Waals surface area contributed by atoms with Crippen LogP contribution in [0.25, 0.3) is 0 Å². The average Bonchev–Trinajstić information content (AvgIpc) is 2.89. The molecule has 0 saturated heterocycles. The van der Waals surface area contributed by atoms with Crippen molar-refractivity contribution >= 4 is 22.7 Å². The maximum atomic E-state index is 3.69. The molecule has 0 spiro atoms. The molecule has 0 fully saturated rings. The minimum Gasteiger partial charge on any atom is -0.147 e. The number of nitrogens with zero attached hydrogens (tertiary/aromatic N) is 4. The van der Waals surface area contributed by atoms with Crippen molar-refractivity contribution in [3.05, 3.63) is 21.5 Å². The molecule has 2 aromatic heterocycles. The first-order chi connectivity index (χ1) is 8.86. The van der Waals surface area contributed by atoms with Crippen LogP contribution in [-0.2, 0) is 0 Å². The zero-order chi connectivity index (χ0) is 15.1. The summed E-state index contributed by atoms with van der Waals surface area (Å²) in [6.07, 6.45) is 0. The first kappa shape index (κ1) is 24.2. The zero-order valence-corrected chi connectivity index (χ0v) is 14.6. The van der Waals surface area contributed by atoms with E-state index in [1.165, 1.54) is 11.3 Å². The highest BCUT2D eigenvalue weighted by atomic mass is 32.1. The Kier molecular flexibility index (Phi) is 21.9. The van der Waals surface area contributed by atoms with Crippen LogP contribution in [0, 0.1) is 18.8 Å². The molecule has 0 aliphatic rings. The molecule has 20 heavy (non-hydrogen) atoms. The van der Waals surface area contributed by atoms with Crippen LogP contribution in [0.2, 0.25) is 0 Å². The molecule has 2 aromatic rings. The molecular weight excluding hydrogens is 288 g/mol. The molecule has 0 bridgehead atoms. The van der Waals surface area contributed by atoms with Gasteiger partial charge in [-0.15, -0.1) is 43.1 Å². The monoisotopic (exact) mass is 318 g/mol. The molecule has 2 rings (SSSR count). The fraction of sp³-hybridized carbons (Fsp3) is 0.714. The highest BCUT2D eigenvalue weighted by molar-refractivity contribution is 7.09. The van der Waals surface area contributed by atoms with Gasteiger partial charge in [-0.3, -0.25) is 0 Å². The van der Waals surface area contributed by atoms with Crippen molar-refractivity contribution < 1.29 is 0 Å². The van der Waals surface area contributed by atoms with Crippen LogP contribution in [-0.4, -0.2) is 20.4 Å². The van der Waals surface area contributed by atoms with Crippen molar-refractivity contribution in [2.75, 3.05) is 0 Å². The smallest absolute Gasteiger partial charge is 0.114 e. The zero-order valence-electron chi connectivity index (χ0n) is 13.0. The van der Waals surface area contributed by atoms with Gasteiger partial charge < -0.3 is 0 Å². The first-order valence-electron chi connectivity index (χ1n) is 6.27. The summed E-state index contributed by atoms with van der Waals surface area (Å²) in [6, 6.07) is 0. The van der Waals surface area contributed by atoms with Gasteiger partial charge in [0.2, 0.25) is 0 Å². The third-order valence-electron chi connectivity index (χ3n) is 0.752. The molecule has 118 valence electrons. The molecule has 0 unspecified atom stereocenters. The van der Waals surface area contributed by atoms with Crippen LogP contribution in [0.3, 0.4) is 0 Å². The fourth-order valence-corrected chi connectivity index (χ4v) is 0.978. The van der Waals surface area contributed by atoms with E-state index < -0.39 is 0 Å². The van der Waals surface area contributed by atoms with Crippen molar-refractivity contribution in [3.8, 4) is 0 Å². The average molecular weight is 319 g/mol. The molecule has 4 nitrogen and oxygen atoms in total. The van der Waals surface area contributed by atoms with E-state index in [0.717, 1.165) is 16.8 Å². The lowest BCUT2D eigenvalue weighted by molar-refractivity contribution is 0.736. The lowest BCUT2D eigenvalue weighted by Crippen LogP contribution is -1.66. The second-order valence-corrected chi connectivity index (χ2v) is 6.73. The Labute approximate surface area is 132 Å². The van der Waals surface area contributed by atoms with Gasteiger partial charge in [0.15, 0.2) is 0 Å². The van der Waals surface area contributed by atoms with E-state index in [4.69, 9.17) is 0 Å². The summed E-state index contributed by atoms with van der Waals surface area (Å²) in [5.74, 6) is 1.67. The van der Waals surface area contributed by atoms with Gasteiger partial charge in [0.25, 0.3) is 0 Å². The molecule has 6 heteroatoms. The van der Waals surface area contributed by atoms with Gasteiger partial charge in [0, 0.05) is 0 Å². The fourth-order valence-electron chi connectivity index (χ4n) is 0.364. The summed E-state index contributed by atoms with van der Waals surface area (Å²) in [7, 11) is 0. The van der Waals surface area contributed by atoms with Gasteiger partial charge in [0.1, 0.15) is 21.5 Å². The van der Waals surface area contributed by atoms with Crippen molar-refractivity contribution in [2.24, 2.45) is 11.8 Å². The van der Waals surface area contributed by atoms with Crippen molar-refractivity contribution in [1.82, 2.24) is 20.4 Å². The van der Waals surface area contributed by atoms with Gasteiger partial charge in [0.05, 0.1) is 0 Å². The van der Waals surface area contributed by atoms with Crippen LogP contribution >= 0.6 is 22.7 Å². The Balaban J connectivity index is -0.000000193. The normalized spacial score (nSPS) is 8.25. The highest BCUT2D eigenvalue weighted by Crippen LogP contribution is 1.94. The summed E-state index contributed by atoms with van der Waals surface area (Å²) in [4.78, 5) is 0. The largest absolute Gasteiger partial charge is 0.147 e. The van der Waals surface area contributed by atoms with Gasteiger partial charge in [-0.05, 0) is 18.8 Å². The van der Waals surface area contributed by atoms with E-state index in [0.29, 0.717) is 0 Å². The minimum absolute atomic E-state index is 0. The number of rotatable bonds is 0. The van der Waals surface area contributed by atoms with Gasteiger partial charge in [-0.2, -0.15) is 0 Å². The topological polar surface area (TPSA) is 51.6 Å². The van der Waals surface area contributed by atoms with E-state index in [9.17, 15) is 0 Å². The number of hydrogen-bond acceptors (Lipinski definition) is 6. The van der Waals surface area contributed by atoms with E-state index in [1.807, 2.05) is 6.92 Å². The number of hydrogen-bond donors (Lipinski definition) is 0. The molecule has 0 N–H and O–H groups in total. The molecule has 0 aliphatic heterocycles. The Bertz CT molecular complexity index is 303. The van der Waals surface area contributed by atoms with Crippen LogP contribution in [0.5, 0.6) is 0 Å². The minimum atomic E-state index is 0. The molecular formula is C14H30N4S2. The molecule has 0 aliphatic carbocycles. The summed E-state index contributed by atoms with van der Waals surface area (Å²) in [6.45, 7) is 14.9. The lowest BCUT2D eigenvalue weighted by Gasteiger charge is -1.79. The summed E-state index contributed by atoms with van der Waals surface area (Å²) >= 11 is 3.05. The summed E-state index contributed by atoms with van der Waals surface area (Å²) in [5.41, 5.74) is 5.08. The van der Waals surface area contributed by atoms with Crippen LogP contribution in [0.4, 0.5) is 0 Å². The molecule has 0 radical (unpaired) electrons. The summed E-state index contributed by atoms with van der Waals surface area (Å²) in [5, 5.41) is 15.3. The maximum Gasteiger partial charge on any atom is 0.114 e. The first-order valence-corrected chi connectivity index (χ1v) is 8.10. The molecule has 0 saturated carbocycles. The summed E-state index contributed by atoms with van der Waals surface area (Å²) < 4.78 is 0.